The highest BCUT2D eigenvalue weighted by Gasteiger charge is 2.18. The molecule has 0 N–H and O–H groups in total. The lowest BCUT2D eigenvalue weighted by Gasteiger charge is -2.14. The molecule has 3 nitrogen and oxygen atoms in total. The Kier molecular flexibility index (Phi) is 1.46. The van der Waals surface area contributed by atoms with Gasteiger partial charge < -0.3 is 0 Å². The van der Waals surface area contributed by atoms with Crippen LogP contribution in [0.1, 0.15) is 13.8 Å². The predicted octanol–water partition coefficient (Wildman–Crippen LogP) is 0.942. The Balaban J connectivity index is 2.99. The first-order valence-corrected chi connectivity index (χ1v) is 2.99. The third-order valence-corrected chi connectivity index (χ3v) is 1.30. The smallest absolute Gasteiger partial charge is 0.143 e. The molecule has 0 aromatic carbocycles. The highest BCUT2D eigenvalue weighted by molar-refractivity contribution is 4.98. The highest BCUT2D eigenvalue weighted by atomic mass is 15.3. The van der Waals surface area contributed by atoms with Crippen LogP contribution in [-0.2, 0) is 5.54 Å². The summed E-state index contributed by atoms with van der Waals surface area (Å²) in [6.07, 6.45) is 3.20. The van der Waals surface area contributed by atoms with Crippen molar-refractivity contribution in [2.75, 3.05) is 0 Å². The molecule has 1 heterocycles. The number of hydrogen-bond acceptors (Lipinski definition) is 2. The monoisotopic (exact) mass is 134 g/mol. The number of nitrogens with zero attached hydrogens (tertiary/aromatic N) is 3. The van der Waals surface area contributed by atoms with E-state index in [4.69, 9.17) is 5.26 Å². The van der Waals surface area contributed by atoms with Gasteiger partial charge in [0.05, 0.1) is 12.3 Å². The van der Waals surface area contributed by atoms with Crippen LogP contribution in [0.25, 0.3) is 0 Å². The molecule has 1 aromatic heterocycles. The lowest BCUT2D eigenvalue weighted by atomic mass is 10.1. The Labute approximate surface area is 59.9 Å². The van der Waals surface area contributed by atoms with Crippen LogP contribution in [0.2, 0.25) is 0 Å². The second kappa shape index (κ2) is 2.14. The SMILES string of the molecule is CC(C)(C#N)n1c[c]cn1. The molecule has 0 fully saturated rings. The van der Waals surface area contributed by atoms with E-state index < -0.39 is 5.54 Å². The Morgan fingerprint density at radius 1 is 1.70 bits per heavy atom. The maximum atomic E-state index is 8.64. The first-order valence-electron chi connectivity index (χ1n) is 2.99. The molecule has 0 atom stereocenters. The van der Waals surface area contributed by atoms with E-state index in [9.17, 15) is 0 Å². The minimum Gasteiger partial charge on any atom is -0.252 e. The van der Waals surface area contributed by atoms with Gasteiger partial charge in [-0.3, -0.25) is 4.68 Å². The second-order valence-corrected chi connectivity index (χ2v) is 2.56. The van der Waals surface area contributed by atoms with E-state index >= 15 is 0 Å². The van der Waals surface area contributed by atoms with Crippen LogP contribution in [0.15, 0.2) is 12.4 Å². The minimum absolute atomic E-state index is 0.556. The molecule has 0 saturated carbocycles. The first kappa shape index (κ1) is 6.81. The number of hydrogen-bond donors (Lipinski definition) is 0. The highest BCUT2D eigenvalue weighted by Crippen LogP contribution is 2.09. The van der Waals surface area contributed by atoms with Gasteiger partial charge in [0.25, 0.3) is 0 Å². The summed E-state index contributed by atoms with van der Waals surface area (Å²) in [6, 6.07) is 4.90. The average Bonchev–Trinajstić information content (AvgIpc) is 2.38. The molecule has 1 rings (SSSR count). The van der Waals surface area contributed by atoms with Gasteiger partial charge in [-0.25, -0.2) is 0 Å². The molecular formula is C7H8N3. The Hall–Kier alpha value is -1.30. The van der Waals surface area contributed by atoms with Gasteiger partial charge in [0.2, 0.25) is 0 Å². The van der Waals surface area contributed by atoms with Crippen LogP contribution in [0.5, 0.6) is 0 Å². The zero-order valence-corrected chi connectivity index (χ0v) is 6.00. The Bertz CT molecular complexity index is 240. The Morgan fingerprint density at radius 3 is 2.80 bits per heavy atom. The first-order chi connectivity index (χ1) is 4.67. The third-order valence-electron chi connectivity index (χ3n) is 1.30. The van der Waals surface area contributed by atoms with Crippen LogP contribution in [-0.4, -0.2) is 9.78 Å². The summed E-state index contributed by atoms with van der Waals surface area (Å²) in [4.78, 5) is 0. The van der Waals surface area contributed by atoms with Gasteiger partial charge in [0.1, 0.15) is 5.54 Å². The van der Waals surface area contributed by atoms with E-state index in [0.29, 0.717) is 0 Å². The molecule has 0 saturated heterocycles. The molecule has 0 unspecified atom stereocenters. The van der Waals surface area contributed by atoms with E-state index in [-0.39, 0.29) is 0 Å². The van der Waals surface area contributed by atoms with Gasteiger partial charge in [0.15, 0.2) is 0 Å². The molecule has 51 valence electrons. The maximum absolute atomic E-state index is 8.64. The fraction of sp³-hybridized carbons (Fsp3) is 0.429. The quantitative estimate of drug-likeness (QED) is 0.573. The predicted molar refractivity (Wildman–Crippen MR) is 36.0 cm³/mol. The fourth-order valence-corrected chi connectivity index (χ4v) is 0.590. The van der Waals surface area contributed by atoms with Crippen molar-refractivity contribution in [3.8, 4) is 6.07 Å². The lowest BCUT2D eigenvalue weighted by molar-refractivity contribution is 0.418. The second-order valence-electron chi connectivity index (χ2n) is 2.56. The zero-order chi connectivity index (χ0) is 7.61. The van der Waals surface area contributed by atoms with E-state index in [1.165, 1.54) is 0 Å². The van der Waals surface area contributed by atoms with Gasteiger partial charge in [-0.05, 0) is 13.8 Å². The molecule has 1 radical (unpaired) electrons. The van der Waals surface area contributed by atoms with Crippen molar-refractivity contribution in [2.45, 2.75) is 19.4 Å². The fourth-order valence-electron chi connectivity index (χ4n) is 0.590. The molecule has 1 aromatic rings. The average molecular weight is 134 g/mol. The van der Waals surface area contributed by atoms with Crippen molar-refractivity contribution in [3.63, 3.8) is 0 Å². The largest absolute Gasteiger partial charge is 0.252 e. The molecular weight excluding hydrogens is 126 g/mol. The summed E-state index contributed by atoms with van der Waals surface area (Å²) in [5.41, 5.74) is -0.556. The molecule has 10 heavy (non-hydrogen) atoms. The number of nitriles is 1. The van der Waals surface area contributed by atoms with Gasteiger partial charge in [-0.2, -0.15) is 10.4 Å². The maximum Gasteiger partial charge on any atom is 0.143 e. The third kappa shape index (κ3) is 1.01. The van der Waals surface area contributed by atoms with Gasteiger partial charge in [-0.1, -0.05) is 0 Å². The number of aromatic nitrogens is 2. The molecule has 0 spiro atoms. The molecule has 0 aliphatic heterocycles. The van der Waals surface area contributed by atoms with E-state index in [2.05, 4.69) is 17.2 Å². The van der Waals surface area contributed by atoms with Crippen molar-refractivity contribution in [1.29, 1.82) is 5.26 Å². The van der Waals surface area contributed by atoms with Crippen molar-refractivity contribution in [2.24, 2.45) is 0 Å². The normalized spacial score (nSPS) is 10.9. The van der Waals surface area contributed by atoms with E-state index in [1.54, 1.807) is 30.9 Å². The van der Waals surface area contributed by atoms with Gasteiger partial charge in [-0.15, -0.1) is 0 Å². The van der Waals surface area contributed by atoms with Crippen LogP contribution < -0.4 is 0 Å². The van der Waals surface area contributed by atoms with E-state index in [0.717, 1.165) is 0 Å². The molecule has 0 aliphatic carbocycles. The summed E-state index contributed by atoms with van der Waals surface area (Å²) < 4.78 is 1.58. The van der Waals surface area contributed by atoms with Crippen LogP contribution in [0.4, 0.5) is 0 Å². The summed E-state index contributed by atoms with van der Waals surface area (Å²) in [6.45, 7) is 3.60. The zero-order valence-electron chi connectivity index (χ0n) is 6.00. The summed E-state index contributed by atoms with van der Waals surface area (Å²) in [5.74, 6) is 0. The lowest BCUT2D eigenvalue weighted by Crippen LogP contribution is -2.24. The van der Waals surface area contributed by atoms with Gasteiger partial charge >= 0.3 is 0 Å². The van der Waals surface area contributed by atoms with Crippen LogP contribution >= 0.6 is 0 Å². The molecule has 0 amide bonds. The standard InChI is InChI=1S/C7H8N3/c1-7(2,6-8)10-5-3-4-9-10/h4-5H,1-2H3. The van der Waals surface area contributed by atoms with Gasteiger partial charge in [0, 0.05) is 12.3 Å². The van der Waals surface area contributed by atoms with Crippen molar-refractivity contribution in [3.05, 3.63) is 18.5 Å². The summed E-state index contributed by atoms with van der Waals surface area (Å²) in [5, 5.41) is 12.5. The van der Waals surface area contributed by atoms with Crippen molar-refractivity contribution < 1.29 is 0 Å². The van der Waals surface area contributed by atoms with Crippen molar-refractivity contribution in [1.82, 2.24) is 9.78 Å². The topological polar surface area (TPSA) is 41.6 Å². The summed E-state index contributed by atoms with van der Waals surface area (Å²) >= 11 is 0. The Morgan fingerprint density at radius 2 is 2.40 bits per heavy atom. The molecule has 3 heteroatoms. The van der Waals surface area contributed by atoms with Crippen LogP contribution in [0.3, 0.4) is 0 Å². The number of rotatable bonds is 1. The van der Waals surface area contributed by atoms with E-state index in [1.807, 2.05) is 0 Å². The molecule has 0 aliphatic rings. The minimum atomic E-state index is -0.556. The molecule has 0 bridgehead atoms. The van der Waals surface area contributed by atoms with Crippen LogP contribution in [0, 0.1) is 17.4 Å². The van der Waals surface area contributed by atoms with Crippen molar-refractivity contribution >= 4 is 0 Å². The summed E-state index contributed by atoms with van der Waals surface area (Å²) in [7, 11) is 0.